The number of carbonyl (C=O) groups is 1. The van der Waals surface area contributed by atoms with Gasteiger partial charge >= 0.3 is 0 Å². The Labute approximate surface area is 186 Å². The van der Waals surface area contributed by atoms with Crippen LogP contribution in [0.25, 0.3) is 11.1 Å². The van der Waals surface area contributed by atoms with Gasteiger partial charge in [0.05, 0.1) is 20.1 Å². The van der Waals surface area contributed by atoms with Crippen molar-refractivity contribution in [3.63, 3.8) is 0 Å². The van der Waals surface area contributed by atoms with Crippen molar-refractivity contribution in [2.75, 3.05) is 37.5 Å². The standard InChI is InChI=1S/C24H25FN4O3/c1-31-21-10-20(11-22(12-21)32-2)28-23(30)17-6-4-8-29(15-17)24-26-13-18(14-27-24)16-5-3-7-19(25)9-16/h3,5,7,9-14,17H,4,6,8,15H2,1-2H3,(H,28,30). The van der Waals surface area contributed by atoms with E-state index in [1.165, 1.54) is 12.1 Å². The van der Waals surface area contributed by atoms with Crippen LogP contribution >= 0.6 is 0 Å². The van der Waals surface area contributed by atoms with Crippen LogP contribution in [-0.4, -0.2) is 43.2 Å². The number of benzene rings is 2. The van der Waals surface area contributed by atoms with Gasteiger partial charge < -0.3 is 19.7 Å². The average Bonchev–Trinajstić information content (AvgIpc) is 2.84. The Morgan fingerprint density at radius 3 is 2.44 bits per heavy atom. The van der Waals surface area contributed by atoms with Crippen molar-refractivity contribution in [1.29, 1.82) is 0 Å². The second kappa shape index (κ2) is 9.64. The number of nitrogens with zero attached hydrogens (tertiary/aromatic N) is 3. The minimum absolute atomic E-state index is 0.0682. The lowest BCUT2D eigenvalue weighted by Gasteiger charge is -2.32. The number of carbonyl (C=O) groups excluding carboxylic acids is 1. The quantitative estimate of drug-likeness (QED) is 0.626. The van der Waals surface area contributed by atoms with Gasteiger partial charge in [-0.05, 0) is 30.5 Å². The highest BCUT2D eigenvalue weighted by atomic mass is 19.1. The van der Waals surface area contributed by atoms with Crippen LogP contribution in [0.1, 0.15) is 12.8 Å². The fourth-order valence-electron chi connectivity index (χ4n) is 3.80. The molecule has 1 saturated heterocycles. The molecule has 1 fully saturated rings. The number of anilines is 2. The highest BCUT2D eigenvalue weighted by Gasteiger charge is 2.27. The molecule has 1 atom stereocenters. The van der Waals surface area contributed by atoms with Crippen LogP contribution in [0.15, 0.2) is 54.9 Å². The summed E-state index contributed by atoms with van der Waals surface area (Å²) in [5.74, 6) is 1.21. The van der Waals surface area contributed by atoms with Gasteiger partial charge in [0.1, 0.15) is 17.3 Å². The molecule has 1 amide bonds. The van der Waals surface area contributed by atoms with Gasteiger partial charge in [-0.2, -0.15) is 0 Å². The van der Waals surface area contributed by atoms with Crippen LogP contribution < -0.4 is 19.7 Å². The predicted molar refractivity (Wildman–Crippen MR) is 121 cm³/mol. The normalized spacial score (nSPS) is 15.8. The van der Waals surface area contributed by atoms with E-state index in [1.54, 1.807) is 50.9 Å². The number of aromatic nitrogens is 2. The largest absolute Gasteiger partial charge is 0.497 e. The maximum Gasteiger partial charge on any atom is 0.229 e. The number of piperidine rings is 1. The van der Waals surface area contributed by atoms with E-state index in [4.69, 9.17) is 9.47 Å². The maximum atomic E-state index is 13.5. The van der Waals surface area contributed by atoms with E-state index < -0.39 is 0 Å². The first-order valence-corrected chi connectivity index (χ1v) is 10.4. The molecular formula is C24H25FN4O3. The molecule has 166 valence electrons. The van der Waals surface area contributed by atoms with Crippen LogP contribution in [0.3, 0.4) is 0 Å². The first-order chi connectivity index (χ1) is 15.6. The Bertz CT molecular complexity index is 1070. The molecule has 0 radical (unpaired) electrons. The number of rotatable bonds is 6. The fourth-order valence-corrected chi connectivity index (χ4v) is 3.80. The molecule has 2 heterocycles. The van der Waals surface area contributed by atoms with E-state index >= 15 is 0 Å². The maximum absolute atomic E-state index is 13.5. The molecule has 32 heavy (non-hydrogen) atoms. The summed E-state index contributed by atoms with van der Waals surface area (Å²) in [7, 11) is 3.14. The van der Waals surface area contributed by atoms with Gasteiger partial charge in [-0.1, -0.05) is 12.1 Å². The third-order valence-corrected chi connectivity index (χ3v) is 5.49. The van der Waals surface area contributed by atoms with Crippen molar-refractivity contribution >= 4 is 17.5 Å². The molecule has 0 aliphatic carbocycles. The lowest BCUT2D eigenvalue weighted by atomic mass is 9.97. The first-order valence-electron chi connectivity index (χ1n) is 10.4. The van der Waals surface area contributed by atoms with Crippen LogP contribution in [0.2, 0.25) is 0 Å². The summed E-state index contributed by atoms with van der Waals surface area (Å²) in [4.78, 5) is 23.8. The third-order valence-electron chi connectivity index (χ3n) is 5.49. The zero-order chi connectivity index (χ0) is 22.5. The lowest BCUT2D eigenvalue weighted by molar-refractivity contribution is -0.120. The van der Waals surface area contributed by atoms with Gasteiger partial charge in [-0.25, -0.2) is 14.4 Å². The molecule has 1 N–H and O–H groups in total. The molecule has 0 saturated carbocycles. The molecule has 2 aromatic carbocycles. The molecule has 1 aromatic heterocycles. The van der Waals surface area contributed by atoms with Crippen LogP contribution in [-0.2, 0) is 4.79 Å². The first kappa shape index (κ1) is 21.5. The Kier molecular flexibility index (Phi) is 6.49. The highest BCUT2D eigenvalue weighted by Crippen LogP contribution is 2.28. The Hall–Kier alpha value is -3.68. The summed E-state index contributed by atoms with van der Waals surface area (Å²) in [6.07, 6.45) is 5.01. The van der Waals surface area contributed by atoms with Crippen LogP contribution in [0.5, 0.6) is 11.5 Å². The summed E-state index contributed by atoms with van der Waals surface area (Å²) in [5.41, 5.74) is 2.09. The zero-order valence-electron chi connectivity index (χ0n) is 18.0. The number of methoxy groups -OCH3 is 2. The number of halogens is 1. The lowest BCUT2D eigenvalue weighted by Crippen LogP contribution is -2.41. The number of nitrogens with one attached hydrogen (secondary N) is 1. The monoisotopic (exact) mass is 436 g/mol. The van der Waals surface area contributed by atoms with Crippen molar-refractivity contribution < 1.29 is 18.7 Å². The zero-order valence-corrected chi connectivity index (χ0v) is 18.0. The van der Waals surface area contributed by atoms with Gasteiger partial charge in [0.25, 0.3) is 0 Å². The van der Waals surface area contributed by atoms with Crippen LogP contribution in [0.4, 0.5) is 16.0 Å². The molecule has 3 aromatic rings. The van der Waals surface area contributed by atoms with Crippen LogP contribution in [0, 0.1) is 11.7 Å². The van der Waals surface area contributed by atoms with Crippen molar-refractivity contribution in [2.45, 2.75) is 12.8 Å². The van der Waals surface area contributed by atoms with E-state index in [0.717, 1.165) is 30.5 Å². The number of ether oxygens (including phenoxy) is 2. The number of hydrogen-bond acceptors (Lipinski definition) is 6. The van der Waals surface area contributed by atoms with Crippen molar-refractivity contribution in [3.8, 4) is 22.6 Å². The molecule has 7 nitrogen and oxygen atoms in total. The van der Waals surface area contributed by atoms with Crippen molar-refractivity contribution in [2.24, 2.45) is 5.92 Å². The fraction of sp³-hybridized carbons (Fsp3) is 0.292. The number of hydrogen-bond donors (Lipinski definition) is 1. The summed E-state index contributed by atoms with van der Waals surface area (Å²) in [5, 5.41) is 2.97. The molecule has 1 unspecified atom stereocenters. The number of amides is 1. The smallest absolute Gasteiger partial charge is 0.229 e. The summed E-state index contributed by atoms with van der Waals surface area (Å²) in [6, 6.07) is 11.6. The molecule has 8 heteroatoms. The van der Waals surface area contributed by atoms with E-state index in [-0.39, 0.29) is 17.6 Å². The van der Waals surface area contributed by atoms with Gasteiger partial charge in [0.2, 0.25) is 11.9 Å². The van der Waals surface area contributed by atoms with Gasteiger partial charge in [0, 0.05) is 54.9 Å². The summed E-state index contributed by atoms with van der Waals surface area (Å²) < 4.78 is 24.0. The Morgan fingerprint density at radius 2 is 1.78 bits per heavy atom. The molecule has 1 aliphatic rings. The Balaban J connectivity index is 1.43. The third kappa shape index (κ3) is 4.96. The van der Waals surface area contributed by atoms with Crippen molar-refractivity contribution in [1.82, 2.24) is 9.97 Å². The second-order valence-electron chi connectivity index (χ2n) is 7.66. The Morgan fingerprint density at radius 1 is 1.06 bits per heavy atom. The summed E-state index contributed by atoms with van der Waals surface area (Å²) >= 11 is 0. The van der Waals surface area contributed by atoms with E-state index in [2.05, 4.69) is 15.3 Å². The van der Waals surface area contributed by atoms with E-state index in [9.17, 15) is 9.18 Å². The van der Waals surface area contributed by atoms with Gasteiger partial charge in [-0.15, -0.1) is 0 Å². The molecular weight excluding hydrogens is 411 g/mol. The minimum atomic E-state index is -0.301. The molecule has 0 spiro atoms. The molecule has 0 bridgehead atoms. The SMILES string of the molecule is COc1cc(NC(=O)C2CCCN(c3ncc(-c4cccc(F)c4)cn3)C2)cc(OC)c1. The van der Waals surface area contributed by atoms with Crippen molar-refractivity contribution in [3.05, 3.63) is 60.7 Å². The van der Waals surface area contributed by atoms with E-state index in [0.29, 0.717) is 29.7 Å². The average molecular weight is 436 g/mol. The molecule has 4 rings (SSSR count). The highest BCUT2D eigenvalue weighted by molar-refractivity contribution is 5.93. The summed E-state index contributed by atoms with van der Waals surface area (Å²) in [6.45, 7) is 1.29. The minimum Gasteiger partial charge on any atom is -0.497 e. The molecule has 1 aliphatic heterocycles. The predicted octanol–water partition coefficient (Wildman–Crippen LogP) is 4.16. The van der Waals surface area contributed by atoms with Gasteiger partial charge in [-0.3, -0.25) is 4.79 Å². The topological polar surface area (TPSA) is 76.6 Å². The van der Waals surface area contributed by atoms with E-state index in [1.807, 2.05) is 11.0 Å². The second-order valence-corrected chi connectivity index (χ2v) is 7.66. The van der Waals surface area contributed by atoms with Gasteiger partial charge in [0.15, 0.2) is 0 Å².